The molecule has 4 N–H and O–H groups in total. The molecule has 1 aromatic rings. The second kappa shape index (κ2) is 5.39. The summed E-state index contributed by atoms with van der Waals surface area (Å²) in [5.41, 5.74) is 10.5. The summed E-state index contributed by atoms with van der Waals surface area (Å²) in [4.78, 5) is 9.57. The normalized spacial score (nSPS) is 20.8. The van der Waals surface area contributed by atoms with E-state index < -0.39 is 17.3 Å². The first-order valence-corrected chi connectivity index (χ1v) is 7.45. The van der Waals surface area contributed by atoms with Crippen molar-refractivity contribution in [3.8, 4) is 0 Å². The van der Waals surface area contributed by atoms with Gasteiger partial charge in [0.05, 0.1) is 0 Å². The number of halogens is 3. The molecule has 2 aliphatic rings. The van der Waals surface area contributed by atoms with Gasteiger partial charge in [0.2, 0.25) is 11.9 Å². The van der Waals surface area contributed by atoms with Gasteiger partial charge in [-0.25, -0.2) is 13.8 Å². The molecule has 0 saturated heterocycles. The van der Waals surface area contributed by atoms with Crippen molar-refractivity contribution in [1.82, 2.24) is 0 Å². The molecule has 0 atom stereocenters. The Kier molecular flexibility index (Phi) is 3.68. The van der Waals surface area contributed by atoms with Crippen LogP contribution in [0.1, 0.15) is 32.1 Å². The van der Waals surface area contributed by atoms with Gasteiger partial charge >= 0.3 is 0 Å². The van der Waals surface area contributed by atoms with Crippen LogP contribution in [0.5, 0.6) is 0 Å². The third-order valence-electron chi connectivity index (χ3n) is 4.06. The molecule has 1 aliphatic carbocycles. The molecule has 8 heteroatoms. The average molecular weight is 328 g/mol. The zero-order chi connectivity index (χ0) is 15.9. The van der Waals surface area contributed by atoms with Gasteiger partial charge in [0.1, 0.15) is 11.4 Å². The van der Waals surface area contributed by atoms with Gasteiger partial charge in [-0.05, 0) is 37.8 Å². The molecule has 0 radical (unpaired) electrons. The van der Waals surface area contributed by atoms with Gasteiger partial charge in [-0.2, -0.15) is 4.99 Å². The molecule has 0 unspecified atom stereocenters. The van der Waals surface area contributed by atoms with E-state index in [1.165, 1.54) is 4.90 Å². The van der Waals surface area contributed by atoms with E-state index in [0.717, 1.165) is 31.4 Å². The van der Waals surface area contributed by atoms with Crippen LogP contribution in [-0.2, 0) is 0 Å². The van der Waals surface area contributed by atoms with Crippen molar-refractivity contribution in [2.24, 2.45) is 21.5 Å². The number of aliphatic imine (C=N–C) groups is 2. The first-order valence-electron chi connectivity index (χ1n) is 7.07. The molecule has 3 rings (SSSR count). The van der Waals surface area contributed by atoms with Crippen molar-refractivity contribution in [1.29, 1.82) is 0 Å². The number of nitrogens with zero attached hydrogens (tertiary/aromatic N) is 3. The molecule has 1 aromatic carbocycles. The summed E-state index contributed by atoms with van der Waals surface area (Å²) in [6, 6.07) is 2.09. The predicted octanol–water partition coefficient (Wildman–Crippen LogP) is 2.73. The van der Waals surface area contributed by atoms with Crippen LogP contribution < -0.4 is 16.4 Å². The van der Waals surface area contributed by atoms with Crippen LogP contribution in [0.25, 0.3) is 0 Å². The molecule has 1 heterocycles. The van der Waals surface area contributed by atoms with Crippen LogP contribution in [0, 0.1) is 11.6 Å². The average Bonchev–Trinajstić information content (AvgIpc) is 2.41. The Morgan fingerprint density at radius 1 is 1.09 bits per heavy atom. The first-order chi connectivity index (χ1) is 10.4. The van der Waals surface area contributed by atoms with Crippen LogP contribution in [-0.4, -0.2) is 17.6 Å². The summed E-state index contributed by atoms with van der Waals surface area (Å²) in [7, 11) is 0. The van der Waals surface area contributed by atoms with E-state index in [1.54, 1.807) is 0 Å². The minimum Gasteiger partial charge on any atom is -0.369 e. The lowest BCUT2D eigenvalue weighted by Gasteiger charge is -2.45. The minimum absolute atomic E-state index is 0.0213. The van der Waals surface area contributed by atoms with Crippen LogP contribution in [0.3, 0.4) is 0 Å². The van der Waals surface area contributed by atoms with E-state index in [0.29, 0.717) is 12.8 Å². The Morgan fingerprint density at radius 2 is 1.68 bits per heavy atom. The van der Waals surface area contributed by atoms with Crippen LogP contribution in [0.2, 0.25) is 5.02 Å². The highest BCUT2D eigenvalue weighted by atomic mass is 35.5. The van der Waals surface area contributed by atoms with Crippen LogP contribution >= 0.6 is 11.6 Å². The van der Waals surface area contributed by atoms with E-state index in [2.05, 4.69) is 9.98 Å². The number of rotatable bonds is 1. The molecule has 118 valence electrons. The lowest BCUT2D eigenvalue weighted by atomic mass is 9.87. The third-order valence-corrected chi connectivity index (χ3v) is 4.27. The third kappa shape index (κ3) is 2.39. The molecule has 5 nitrogen and oxygen atoms in total. The topological polar surface area (TPSA) is 80.0 Å². The van der Waals surface area contributed by atoms with Crippen molar-refractivity contribution in [3.05, 3.63) is 28.8 Å². The Balaban J connectivity index is 2.16. The molecule has 1 saturated carbocycles. The van der Waals surface area contributed by atoms with E-state index in [9.17, 15) is 8.78 Å². The van der Waals surface area contributed by atoms with Crippen molar-refractivity contribution >= 4 is 29.2 Å². The first kappa shape index (κ1) is 15.0. The van der Waals surface area contributed by atoms with Gasteiger partial charge < -0.3 is 11.5 Å². The highest BCUT2D eigenvalue weighted by Crippen LogP contribution is 2.41. The Morgan fingerprint density at radius 3 is 2.27 bits per heavy atom. The zero-order valence-corrected chi connectivity index (χ0v) is 12.6. The van der Waals surface area contributed by atoms with Gasteiger partial charge in [-0.1, -0.05) is 18.0 Å². The second-order valence-electron chi connectivity index (χ2n) is 5.54. The molecule has 0 bridgehead atoms. The molecule has 1 fully saturated rings. The zero-order valence-electron chi connectivity index (χ0n) is 11.8. The molecular weight excluding hydrogens is 312 g/mol. The SMILES string of the molecule is NC1=NC2(CCCCC2)N(c2c(F)cc(Cl)cc2F)C(N)=N1. The number of anilines is 1. The number of guanidine groups is 2. The maximum atomic E-state index is 14.3. The van der Waals surface area contributed by atoms with Crippen molar-refractivity contribution in [3.63, 3.8) is 0 Å². The van der Waals surface area contributed by atoms with Gasteiger partial charge in [-0.3, -0.25) is 4.90 Å². The lowest BCUT2D eigenvalue weighted by molar-refractivity contribution is 0.302. The quantitative estimate of drug-likeness (QED) is 0.832. The fourth-order valence-corrected chi connectivity index (χ4v) is 3.38. The number of benzene rings is 1. The summed E-state index contributed by atoms with van der Waals surface area (Å²) in [6.45, 7) is 0. The second-order valence-corrected chi connectivity index (χ2v) is 5.97. The molecule has 0 aromatic heterocycles. The fraction of sp³-hybridized carbons (Fsp3) is 0.429. The smallest absolute Gasteiger partial charge is 0.220 e. The monoisotopic (exact) mass is 327 g/mol. The summed E-state index contributed by atoms with van der Waals surface area (Å²) >= 11 is 5.69. The molecule has 22 heavy (non-hydrogen) atoms. The summed E-state index contributed by atoms with van der Waals surface area (Å²) < 4.78 is 28.7. The summed E-state index contributed by atoms with van der Waals surface area (Å²) in [5, 5.41) is -0.0213. The molecule has 0 amide bonds. The molecule has 1 spiro atoms. The maximum Gasteiger partial charge on any atom is 0.220 e. The highest BCUT2D eigenvalue weighted by Gasteiger charge is 2.44. The fourth-order valence-electron chi connectivity index (χ4n) is 3.19. The van der Waals surface area contributed by atoms with E-state index in [-0.39, 0.29) is 22.6 Å². The van der Waals surface area contributed by atoms with Crippen LogP contribution in [0.15, 0.2) is 22.1 Å². The summed E-state index contributed by atoms with van der Waals surface area (Å²) in [5.74, 6) is -1.63. The van der Waals surface area contributed by atoms with E-state index in [4.69, 9.17) is 23.1 Å². The van der Waals surface area contributed by atoms with Gasteiger partial charge in [-0.15, -0.1) is 0 Å². The lowest BCUT2D eigenvalue weighted by Crippen LogP contribution is -2.58. The van der Waals surface area contributed by atoms with Gasteiger partial charge in [0.15, 0.2) is 11.6 Å². The summed E-state index contributed by atoms with van der Waals surface area (Å²) in [6.07, 6.45) is 3.99. The van der Waals surface area contributed by atoms with E-state index in [1.807, 2.05) is 0 Å². The van der Waals surface area contributed by atoms with Crippen molar-refractivity contribution < 1.29 is 8.78 Å². The molecular formula is C14H16ClF2N5. The minimum atomic E-state index is -0.885. The maximum absolute atomic E-state index is 14.3. The van der Waals surface area contributed by atoms with Gasteiger partial charge in [0, 0.05) is 5.02 Å². The Hall–Kier alpha value is -1.89. The largest absolute Gasteiger partial charge is 0.369 e. The number of hydrogen-bond acceptors (Lipinski definition) is 5. The number of hydrogen-bond donors (Lipinski definition) is 2. The Labute approximate surface area is 131 Å². The van der Waals surface area contributed by atoms with Crippen molar-refractivity contribution in [2.45, 2.75) is 37.8 Å². The van der Waals surface area contributed by atoms with E-state index >= 15 is 0 Å². The molecule has 1 aliphatic heterocycles. The van der Waals surface area contributed by atoms with Crippen molar-refractivity contribution in [2.75, 3.05) is 4.90 Å². The number of nitrogens with two attached hydrogens (primary N) is 2. The van der Waals surface area contributed by atoms with Gasteiger partial charge in [0.25, 0.3) is 0 Å². The van der Waals surface area contributed by atoms with Crippen LogP contribution in [0.4, 0.5) is 14.5 Å². The highest BCUT2D eigenvalue weighted by molar-refractivity contribution is 6.30. The Bertz CT molecular complexity index is 644. The standard InChI is InChI=1S/C14H16ClF2N5/c15-8-6-9(16)11(10(17)7-8)22-13(19)20-12(18)21-14(22)4-2-1-3-5-14/h6-7H,1-5H2,(H4,18,19,20,21). The predicted molar refractivity (Wildman–Crippen MR) is 82.9 cm³/mol.